The fraction of sp³-hybridized carbons (Fsp3) is 0.636. The number of amides is 2. The van der Waals surface area contributed by atoms with Crippen molar-refractivity contribution in [3.05, 3.63) is 24.3 Å². The van der Waals surface area contributed by atoms with Gasteiger partial charge in [0.2, 0.25) is 11.8 Å². The van der Waals surface area contributed by atoms with E-state index in [1.54, 1.807) is 0 Å². The Hall–Kier alpha value is -2.04. The van der Waals surface area contributed by atoms with Gasteiger partial charge in [-0.15, -0.1) is 0 Å². The van der Waals surface area contributed by atoms with E-state index in [-0.39, 0.29) is 23.8 Å². The average molecular weight is 370 g/mol. The lowest BCUT2D eigenvalue weighted by Gasteiger charge is -2.30. The van der Waals surface area contributed by atoms with E-state index in [1.165, 1.54) is 24.9 Å². The lowest BCUT2D eigenvalue weighted by atomic mass is 9.88. The molecule has 1 saturated carbocycles. The van der Waals surface area contributed by atoms with Crippen LogP contribution < -0.4 is 10.2 Å². The van der Waals surface area contributed by atoms with Crippen LogP contribution >= 0.6 is 0 Å². The van der Waals surface area contributed by atoms with Gasteiger partial charge < -0.3 is 15.1 Å². The van der Waals surface area contributed by atoms with Crippen molar-refractivity contribution in [2.75, 3.05) is 29.9 Å². The minimum atomic E-state index is -0.308. The summed E-state index contributed by atoms with van der Waals surface area (Å²) in [6.07, 6.45) is 9.70. The Morgan fingerprint density at radius 1 is 0.815 bits per heavy atom. The Balaban J connectivity index is 1.37. The van der Waals surface area contributed by atoms with Crippen molar-refractivity contribution in [3.8, 4) is 0 Å². The predicted molar refractivity (Wildman–Crippen MR) is 108 cm³/mol. The number of nitrogens with one attached hydrogen (secondary N) is 1. The molecule has 2 amide bonds. The maximum atomic E-state index is 12.9. The van der Waals surface area contributed by atoms with Crippen molar-refractivity contribution in [3.63, 3.8) is 0 Å². The van der Waals surface area contributed by atoms with Crippen LogP contribution in [0.15, 0.2) is 24.3 Å². The van der Waals surface area contributed by atoms with Gasteiger partial charge in [0.15, 0.2) is 0 Å². The number of hydrogen-bond donors (Lipinski definition) is 1. The molecule has 1 atom stereocenters. The Morgan fingerprint density at radius 2 is 1.52 bits per heavy atom. The Labute approximate surface area is 162 Å². The van der Waals surface area contributed by atoms with E-state index in [9.17, 15) is 9.59 Å². The number of carbonyl (C=O) groups excluding carboxylic acids is 2. The zero-order valence-corrected chi connectivity index (χ0v) is 16.2. The van der Waals surface area contributed by atoms with Crippen molar-refractivity contribution >= 4 is 23.2 Å². The summed E-state index contributed by atoms with van der Waals surface area (Å²) in [4.78, 5) is 30.0. The van der Waals surface area contributed by atoms with Crippen molar-refractivity contribution in [2.24, 2.45) is 5.92 Å². The Bertz CT molecular complexity index is 661. The molecule has 0 radical (unpaired) electrons. The second-order valence-electron chi connectivity index (χ2n) is 8.25. The molecule has 0 aromatic heterocycles. The molecule has 2 heterocycles. The third-order valence-corrected chi connectivity index (χ3v) is 6.40. The van der Waals surface area contributed by atoms with E-state index in [4.69, 9.17) is 0 Å². The molecule has 0 spiro atoms. The molecule has 1 aliphatic carbocycles. The average Bonchev–Trinajstić information content (AvgIpc) is 3.41. The summed E-state index contributed by atoms with van der Waals surface area (Å²) in [5.41, 5.74) is 2.04. The summed E-state index contributed by atoms with van der Waals surface area (Å²) >= 11 is 0. The fourth-order valence-corrected chi connectivity index (χ4v) is 4.84. The minimum Gasteiger partial charge on any atom is -0.372 e. The molecular weight excluding hydrogens is 338 g/mol. The van der Waals surface area contributed by atoms with Crippen LogP contribution in [0.5, 0.6) is 0 Å². The van der Waals surface area contributed by atoms with Crippen LogP contribution in [0, 0.1) is 5.92 Å². The maximum absolute atomic E-state index is 12.9. The number of benzene rings is 1. The molecule has 1 aromatic carbocycles. The first kappa shape index (κ1) is 18.3. The molecule has 0 bridgehead atoms. The Kier molecular flexibility index (Phi) is 5.65. The van der Waals surface area contributed by atoms with Crippen LogP contribution in [-0.2, 0) is 9.59 Å². The number of anilines is 2. The lowest BCUT2D eigenvalue weighted by molar-refractivity contribution is -0.141. The monoisotopic (exact) mass is 369 g/mol. The smallest absolute Gasteiger partial charge is 0.247 e. The summed E-state index contributed by atoms with van der Waals surface area (Å²) in [7, 11) is 0. The minimum absolute atomic E-state index is 0.0365. The van der Waals surface area contributed by atoms with Gasteiger partial charge >= 0.3 is 0 Å². The van der Waals surface area contributed by atoms with E-state index in [1.807, 2.05) is 17.0 Å². The third kappa shape index (κ3) is 4.12. The summed E-state index contributed by atoms with van der Waals surface area (Å²) < 4.78 is 0. The van der Waals surface area contributed by atoms with E-state index in [0.29, 0.717) is 0 Å². The van der Waals surface area contributed by atoms with Crippen molar-refractivity contribution < 1.29 is 9.59 Å². The van der Waals surface area contributed by atoms with E-state index in [0.717, 1.165) is 63.8 Å². The number of carbonyl (C=O) groups is 2. The van der Waals surface area contributed by atoms with Gasteiger partial charge in [0.05, 0.1) is 0 Å². The van der Waals surface area contributed by atoms with Gasteiger partial charge in [-0.25, -0.2) is 0 Å². The van der Waals surface area contributed by atoms with Crippen LogP contribution in [-0.4, -0.2) is 42.4 Å². The molecule has 1 unspecified atom stereocenters. The number of likely N-dealkylation sites (tertiary alicyclic amines) is 1. The predicted octanol–water partition coefficient (Wildman–Crippen LogP) is 3.80. The third-order valence-electron chi connectivity index (χ3n) is 6.40. The van der Waals surface area contributed by atoms with Crippen LogP contribution in [0.4, 0.5) is 11.4 Å². The van der Waals surface area contributed by atoms with Gasteiger partial charge in [0, 0.05) is 36.9 Å². The lowest BCUT2D eigenvalue weighted by Crippen LogP contribution is -2.46. The molecule has 3 aliphatic rings. The van der Waals surface area contributed by atoms with Gasteiger partial charge in [-0.3, -0.25) is 9.59 Å². The molecule has 27 heavy (non-hydrogen) atoms. The summed E-state index contributed by atoms with van der Waals surface area (Å²) in [5.74, 6) is 0.300. The van der Waals surface area contributed by atoms with Crippen molar-refractivity contribution in [1.29, 1.82) is 0 Å². The van der Waals surface area contributed by atoms with E-state index >= 15 is 0 Å². The second kappa shape index (κ2) is 8.32. The van der Waals surface area contributed by atoms with Crippen LogP contribution in [0.1, 0.15) is 57.8 Å². The van der Waals surface area contributed by atoms with Gasteiger partial charge in [-0.1, -0.05) is 19.3 Å². The van der Waals surface area contributed by atoms with Crippen LogP contribution in [0.2, 0.25) is 0 Å². The maximum Gasteiger partial charge on any atom is 0.247 e. The summed E-state index contributed by atoms with van der Waals surface area (Å²) in [5, 5.41) is 3.04. The first-order valence-corrected chi connectivity index (χ1v) is 10.7. The first-order valence-electron chi connectivity index (χ1n) is 10.7. The van der Waals surface area contributed by atoms with Crippen LogP contribution in [0.25, 0.3) is 0 Å². The quantitative estimate of drug-likeness (QED) is 0.878. The van der Waals surface area contributed by atoms with Gasteiger partial charge in [-0.2, -0.15) is 0 Å². The van der Waals surface area contributed by atoms with Gasteiger partial charge in [0.1, 0.15) is 6.04 Å². The molecule has 4 rings (SSSR count). The van der Waals surface area contributed by atoms with E-state index < -0.39 is 0 Å². The van der Waals surface area contributed by atoms with E-state index in [2.05, 4.69) is 22.3 Å². The normalized spacial score (nSPS) is 23.6. The molecule has 146 valence electrons. The Morgan fingerprint density at radius 3 is 2.22 bits per heavy atom. The van der Waals surface area contributed by atoms with Crippen molar-refractivity contribution in [2.45, 2.75) is 63.8 Å². The highest BCUT2D eigenvalue weighted by Crippen LogP contribution is 2.29. The zero-order valence-electron chi connectivity index (χ0n) is 16.2. The first-order chi connectivity index (χ1) is 13.2. The highest BCUT2D eigenvalue weighted by atomic mass is 16.2. The number of hydrogen-bond acceptors (Lipinski definition) is 3. The van der Waals surface area contributed by atoms with Crippen molar-refractivity contribution in [1.82, 2.24) is 4.90 Å². The summed E-state index contributed by atoms with van der Waals surface area (Å²) in [6.45, 7) is 2.96. The SMILES string of the molecule is O=C(Nc1ccc(N2CCCC2)cc1)C1CCCN1C(=O)C1CCCCC1. The molecule has 1 aromatic rings. The second-order valence-corrected chi connectivity index (χ2v) is 8.25. The molecule has 2 aliphatic heterocycles. The molecule has 5 nitrogen and oxygen atoms in total. The molecule has 5 heteroatoms. The zero-order chi connectivity index (χ0) is 18.6. The van der Waals surface area contributed by atoms with Gasteiger partial charge in [-0.05, 0) is 62.8 Å². The van der Waals surface area contributed by atoms with Crippen LogP contribution in [0.3, 0.4) is 0 Å². The number of nitrogens with zero attached hydrogens (tertiary/aromatic N) is 2. The largest absolute Gasteiger partial charge is 0.372 e. The highest BCUT2D eigenvalue weighted by molar-refractivity contribution is 5.98. The fourth-order valence-electron chi connectivity index (χ4n) is 4.84. The molecule has 3 fully saturated rings. The molecular formula is C22H31N3O2. The topological polar surface area (TPSA) is 52.7 Å². The highest BCUT2D eigenvalue weighted by Gasteiger charge is 2.37. The molecule has 2 saturated heterocycles. The summed E-state index contributed by atoms with van der Waals surface area (Å²) in [6, 6.07) is 7.82. The van der Waals surface area contributed by atoms with Gasteiger partial charge in [0.25, 0.3) is 0 Å². The molecule has 1 N–H and O–H groups in total. The standard InChI is InChI=1S/C22H31N3O2/c26-21(23-18-10-12-19(13-11-18)24-14-4-5-15-24)20-9-6-16-25(20)22(27)17-7-2-1-3-8-17/h10-13,17,20H,1-9,14-16H2,(H,23,26). The number of rotatable bonds is 4.